The van der Waals surface area contributed by atoms with Crippen LogP contribution in [0.1, 0.15) is 31.0 Å². The number of anilines is 2. The largest absolute Gasteiger partial charge is 0.369 e. The molecule has 1 N–H and O–H groups in total. The molecule has 6 nitrogen and oxygen atoms in total. The summed E-state index contributed by atoms with van der Waals surface area (Å²) in [6, 6.07) is 0. The molecular weight excluding hydrogens is 430 g/mol. The molecule has 1 saturated heterocycles. The van der Waals surface area contributed by atoms with Crippen molar-refractivity contribution in [2.45, 2.75) is 38.5 Å². The van der Waals surface area contributed by atoms with Gasteiger partial charge in [0.1, 0.15) is 5.82 Å². The Morgan fingerprint density at radius 2 is 1.97 bits per heavy atom. The number of hydrogen-bond acceptors (Lipinski definition) is 7. The number of rotatable bonds is 7. The van der Waals surface area contributed by atoms with E-state index in [2.05, 4.69) is 63.3 Å². The van der Waals surface area contributed by atoms with E-state index in [0.29, 0.717) is 30.3 Å². The minimum atomic E-state index is -2.69. The summed E-state index contributed by atoms with van der Waals surface area (Å²) in [5, 5.41) is 4.28. The van der Waals surface area contributed by atoms with Crippen molar-refractivity contribution in [2.75, 3.05) is 62.8 Å². The van der Waals surface area contributed by atoms with Crippen LogP contribution in [0.5, 0.6) is 0 Å². The highest BCUT2D eigenvalue weighted by atomic mass is 32.2. The smallest absolute Gasteiger partial charge is 0.252 e. The van der Waals surface area contributed by atoms with E-state index in [9.17, 15) is 8.78 Å². The van der Waals surface area contributed by atoms with Crippen LogP contribution < -0.4 is 10.2 Å². The zero-order valence-corrected chi connectivity index (χ0v) is 20.4. The van der Waals surface area contributed by atoms with E-state index >= 15 is 0 Å². The molecule has 32 heavy (non-hydrogen) atoms. The number of alkyl halides is 2. The van der Waals surface area contributed by atoms with E-state index in [1.54, 1.807) is 18.8 Å². The molecule has 1 aromatic heterocycles. The molecule has 0 spiro atoms. The average molecular weight is 467 g/mol. The van der Waals surface area contributed by atoms with Crippen molar-refractivity contribution in [3.05, 3.63) is 36.6 Å². The van der Waals surface area contributed by atoms with Gasteiger partial charge in [0.2, 0.25) is 5.95 Å². The topological polar surface area (TPSA) is 56.7 Å². The quantitative estimate of drug-likeness (QED) is 0.280. The number of halogens is 2. The van der Waals surface area contributed by atoms with Crippen molar-refractivity contribution in [3.8, 4) is 0 Å². The lowest BCUT2D eigenvalue weighted by atomic mass is 9.93. The maximum Gasteiger partial charge on any atom is 0.252 e. The van der Waals surface area contributed by atoms with Crippen LogP contribution in [0, 0.1) is 0 Å². The van der Waals surface area contributed by atoms with E-state index in [0.717, 1.165) is 49.1 Å². The molecule has 0 bridgehead atoms. The van der Waals surface area contributed by atoms with Gasteiger partial charge in [-0.25, -0.2) is 13.8 Å². The summed E-state index contributed by atoms with van der Waals surface area (Å²) < 4.78 is 28.2. The number of aryl methyl sites for hydroxylation is 1. The van der Waals surface area contributed by atoms with Crippen molar-refractivity contribution >= 4 is 28.6 Å². The highest BCUT2D eigenvalue weighted by molar-refractivity contribution is 8.14. The lowest BCUT2D eigenvalue weighted by molar-refractivity contribution is -0.0127. The number of fused-ring (bicyclic) bond motifs is 1. The number of thioether (sulfide) groups is 1. The number of likely N-dealkylation sites (N-methyl/N-ethyl adjacent to an activating group) is 1. The predicted molar refractivity (Wildman–Crippen MR) is 134 cm³/mol. The third kappa shape index (κ3) is 7.55. The van der Waals surface area contributed by atoms with Crippen LogP contribution in [-0.2, 0) is 12.8 Å². The Morgan fingerprint density at radius 1 is 1.25 bits per heavy atom. The second kappa shape index (κ2) is 12.9. The van der Waals surface area contributed by atoms with Gasteiger partial charge in [-0.2, -0.15) is 4.98 Å². The fourth-order valence-electron chi connectivity index (χ4n) is 3.58. The molecule has 1 fully saturated rings. The highest BCUT2D eigenvalue weighted by Crippen LogP contribution is 2.36. The first-order chi connectivity index (χ1) is 15.4. The average Bonchev–Trinajstić information content (AvgIpc) is 2.80. The first kappa shape index (κ1) is 26.3. The van der Waals surface area contributed by atoms with Gasteiger partial charge in [-0.15, -0.1) is 24.9 Å². The Morgan fingerprint density at radius 3 is 2.62 bits per heavy atom. The van der Waals surface area contributed by atoms with Crippen LogP contribution in [0.3, 0.4) is 0 Å². The SMILES string of the molecule is C=C.CC/C=C\C(=NC)SCCNc1nc(N2CCN(C)CC2)nc2c1CC(F)(F)CC2. The monoisotopic (exact) mass is 466 g/mol. The summed E-state index contributed by atoms with van der Waals surface area (Å²) in [6.07, 6.45) is 4.92. The predicted octanol–water partition coefficient (Wildman–Crippen LogP) is 4.29. The summed E-state index contributed by atoms with van der Waals surface area (Å²) in [5.41, 5.74) is 1.34. The summed E-state index contributed by atoms with van der Waals surface area (Å²) in [5.74, 6) is -0.694. The molecule has 0 amide bonds. The molecule has 1 aliphatic carbocycles. The number of piperazine rings is 1. The molecule has 0 unspecified atom stereocenters. The summed E-state index contributed by atoms with van der Waals surface area (Å²) in [7, 11) is 3.88. The van der Waals surface area contributed by atoms with E-state index < -0.39 is 5.92 Å². The van der Waals surface area contributed by atoms with Crippen LogP contribution in [0.4, 0.5) is 20.5 Å². The van der Waals surface area contributed by atoms with Gasteiger partial charge < -0.3 is 15.1 Å². The maximum atomic E-state index is 14.1. The molecule has 1 aliphatic heterocycles. The Hall–Kier alpha value is -2.00. The van der Waals surface area contributed by atoms with Crippen molar-refractivity contribution in [2.24, 2.45) is 4.99 Å². The van der Waals surface area contributed by atoms with Gasteiger partial charge in [-0.3, -0.25) is 4.99 Å². The van der Waals surface area contributed by atoms with Crippen molar-refractivity contribution in [1.29, 1.82) is 0 Å². The van der Waals surface area contributed by atoms with Gasteiger partial charge >= 0.3 is 0 Å². The van der Waals surface area contributed by atoms with E-state index in [1.807, 2.05) is 6.08 Å². The normalized spacial score (nSPS) is 18.8. The van der Waals surface area contributed by atoms with Crippen LogP contribution in [-0.4, -0.2) is 78.4 Å². The summed E-state index contributed by atoms with van der Waals surface area (Å²) in [4.78, 5) is 18.1. The standard InChI is InChI=1S/C21H32F2N6S.C2H4/c1-4-5-6-18(24-2)30-14-9-25-19-16-15-21(22,23)8-7-17(16)26-20(27-19)29-12-10-28(3)11-13-29;1-2/h5-6H,4,7-15H2,1-3H3,(H,25,26,27);1-2H2/b6-5-,24-18?;. The number of allylic oxidation sites excluding steroid dienone is 1. The second-order valence-corrected chi connectivity index (χ2v) is 8.88. The van der Waals surface area contributed by atoms with Gasteiger partial charge in [0.05, 0.1) is 10.7 Å². The van der Waals surface area contributed by atoms with Crippen molar-refractivity contribution in [3.63, 3.8) is 0 Å². The molecule has 0 radical (unpaired) electrons. The minimum absolute atomic E-state index is 0.144. The molecule has 0 atom stereocenters. The minimum Gasteiger partial charge on any atom is -0.369 e. The highest BCUT2D eigenvalue weighted by Gasteiger charge is 2.37. The van der Waals surface area contributed by atoms with Gasteiger partial charge in [0.15, 0.2) is 0 Å². The molecule has 9 heteroatoms. The molecule has 1 aromatic rings. The third-order valence-corrected chi connectivity index (χ3v) is 6.41. The fraction of sp³-hybridized carbons (Fsp3) is 0.609. The Labute approximate surface area is 195 Å². The maximum absolute atomic E-state index is 14.1. The van der Waals surface area contributed by atoms with Gasteiger partial charge in [-0.05, 0) is 26.0 Å². The zero-order chi connectivity index (χ0) is 23.6. The number of nitrogens with one attached hydrogen (secondary N) is 1. The van der Waals surface area contributed by atoms with E-state index in [4.69, 9.17) is 0 Å². The van der Waals surface area contributed by atoms with Crippen LogP contribution in [0.15, 0.2) is 30.3 Å². The molecule has 0 aromatic carbocycles. The lowest BCUT2D eigenvalue weighted by Gasteiger charge is -2.34. The molecule has 178 valence electrons. The van der Waals surface area contributed by atoms with Crippen LogP contribution in [0.25, 0.3) is 0 Å². The Kier molecular flexibility index (Phi) is 10.6. The van der Waals surface area contributed by atoms with E-state index in [1.165, 1.54) is 0 Å². The Balaban J connectivity index is 0.00000176. The second-order valence-electron chi connectivity index (χ2n) is 7.77. The summed E-state index contributed by atoms with van der Waals surface area (Å²) >= 11 is 1.64. The van der Waals surface area contributed by atoms with E-state index in [-0.39, 0.29) is 12.8 Å². The molecular formula is C23H36F2N6S. The molecule has 2 heterocycles. The first-order valence-electron chi connectivity index (χ1n) is 11.1. The van der Waals surface area contributed by atoms with Crippen molar-refractivity contribution in [1.82, 2.24) is 14.9 Å². The molecule has 3 rings (SSSR count). The lowest BCUT2D eigenvalue weighted by Crippen LogP contribution is -2.45. The van der Waals surface area contributed by atoms with Gasteiger partial charge in [-0.1, -0.05) is 13.0 Å². The zero-order valence-electron chi connectivity index (χ0n) is 19.5. The number of aliphatic imine (C=N–C) groups is 1. The summed E-state index contributed by atoms with van der Waals surface area (Å²) in [6.45, 7) is 12.3. The van der Waals surface area contributed by atoms with Crippen molar-refractivity contribution < 1.29 is 8.78 Å². The Bertz CT molecular complexity index is 791. The third-order valence-electron chi connectivity index (χ3n) is 5.39. The van der Waals surface area contributed by atoms with Crippen LogP contribution >= 0.6 is 11.8 Å². The first-order valence-corrected chi connectivity index (χ1v) is 12.1. The van der Waals surface area contributed by atoms with Gasteiger partial charge in [0, 0.05) is 63.9 Å². The van der Waals surface area contributed by atoms with Gasteiger partial charge in [0.25, 0.3) is 5.92 Å². The molecule has 2 aliphatic rings. The number of nitrogens with zero attached hydrogens (tertiary/aromatic N) is 5. The van der Waals surface area contributed by atoms with Crippen LogP contribution in [0.2, 0.25) is 0 Å². The number of hydrogen-bond donors (Lipinski definition) is 1. The molecule has 0 saturated carbocycles. The number of aromatic nitrogens is 2. The fourth-order valence-corrected chi connectivity index (χ4v) is 4.32.